The zero-order valence-electron chi connectivity index (χ0n) is 15.3. The number of carbonyl (C=O) groups is 1. The predicted molar refractivity (Wildman–Crippen MR) is 97.5 cm³/mol. The van der Waals surface area contributed by atoms with Crippen LogP contribution in [0.3, 0.4) is 0 Å². The molecular weight excluding hydrogens is 300 g/mol. The Morgan fingerprint density at radius 3 is 2.38 bits per heavy atom. The number of ether oxygens (including phenoxy) is 2. The first kappa shape index (κ1) is 18.8. The molecule has 0 aromatic heterocycles. The molecule has 0 radical (unpaired) electrons. The van der Waals surface area contributed by atoms with Gasteiger partial charge in [0.1, 0.15) is 0 Å². The fraction of sp³-hybridized carbons (Fsp3) is 0.667. The highest BCUT2D eigenvalue weighted by atomic mass is 16.6. The van der Waals surface area contributed by atoms with E-state index in [2.05, 4.69) is 13.8 Å². The third kappa shape index (κ3) is 5.85. The van der Waals surface area contributed by atoms with E-state index < -0.39 is 0 Å². The third-order valence-electron chi connectivity index (χ3n) is 4.94. The molecule has 0 spiro atoms. The highest BCUT2D eigenvalue weighted by Crippen LogP contribution is 2.34. The van der Waals surface area contributed by atoms with Gasteiger partial charge in [-0.3, -0.25) is 4.79 Å². The summed E-state index contributed by atoms with van der Waals surface area (Å²) in [5, 5.41) is 0. The van der Waals surface area contributed by atoms with Gasteiger partial charge in [0.25, 0.3) is 0 Å². The Kier molecular flexibility index (Phi) is 8.14. The largest absolute Gasteiger partial charge is 0.490 e. The van der Waals surface area contributed by atoms with Crippen molar-refractivity contribution >= 4 is 5.97 Å². The number of rotatable bonds is 9. The van der Waals surface area contributed by atoms with Crippen LogP contribution >= 0.6 is 0 Å². The minimum Gasteiger partial charge on any atom is -0.490 e. The number of benzene rings is 1. The van der Waals surface area contributed by atoms with Crippen LogP contribution in [-0.4, -0.2) is 12.6 Å². The van der Waals surface area contributed by atoms with E-state index in [4.69, 9.17) is 9.47 Å². The maximum Gasteiger partial charge on any atom is 0.314 e. The first-order valence-electron chi connectivity index (χ1n) is 9.68. The third-order valence-corrected chi connectivity index (χ3v) is 4.94. The number of unbranched alkanes of at least 4 members (excludes halogenated alkanes) is 2. The molecule has 1 fully saturated rings. The molecule has 3 heteroatoms. The number of hydrogen-bond donors (Lipinski definition) is 0. The van der Waals surface area contributed by atoms with Crippen LogP contribution in [0.4, 0.5) is 0 Å². The van der Waals surface area contributed by atoms with Crippen LogP contribution in [0.15, 0.2) is 24.3 Å². The lowest BCUT2D eigenvalue weighted by Crippen LogP contribution is -2.25. The van der Waals surface area contributed by atoms with Gasteiger partial charge in [0.2, 0.25) is 0 Å². The van der Waals surface area contributed by atoms with E-state index in [1.165, 1.54) is 19.3 Å². The fourth-order valence-electron chi connectivity index (χ4n) is 3.47. The van der Waals surface area contributed by atoms with Crippen molar-refractivity contribution in [2.24, 2.45) is 11.8 Å². The van der Waals surface area contributed by atoms with Crippen molar-refractivity contribution in [3.05, 3.63) is 24.3 Å². The van der Waals surface area contributed by atoms with Crippen molar-refractivity contribution < 1.29 is 14.3 Å². The SMILES string of the molecule is CCCCCOc1ccccc1OC(=O)C1CCC(CCC)CC1. The summed E-state index contributed by atoms with van der Waals surface area (Å²) in [6.45, 7) is 5.08. The second-order valence-corrected chi connectivity index (χ2v) is 6.93. The van der Waals surface area contributed by atoms with E-state index in [9.17, 15) is 4.79 Å². The number of para-hydroxylation sites is 2. The summed E-state index contributed by atoms with van der Waals surface area (Å²) in [6, 6.07) is 7.52. The quantitative estimate of drug-likeness (QED) is 0.327. The monoisotopic (exact) mass is 332 g/mol. The Morgan fingerprint density at radius 1 is 1.00 bits per heavy atom. The van der Waals surface area contributed by atoms with Crippen molar-refractivity contribution in [1.82, 2.24) is 0 Å². The van der Waals surface area contributed by atoms with Crippen LogP contribution in [0, 0.1) is 11.8 Å². The molecule has 1 aliphatic carbocycles. The molecule has 1 aliphatic rings. The molecule has 0 bridgehead atoms. The minimum absolute atomic E-state index is 0.0475. The first-order chi connectivity index (χ1) is 11.7. The molecule has 0 heterocycles. The Labute approximate surface area is 146 Å². The van der Waals surface area contributed by atoms with Crippen LogP contribution in [0.5, 0.6) is 11.5 Å². The topological polar surface area (TPSA) is 35.5 Å². The zero-order chi connectivity index (χ0) is 17.2. The molecule has 1 aromatic rings. The Morgan fingerprint density at radius 2 is 1.71 bits per heavy atom. The van der Waals surface area contributed by atoms with Crippen LogP contribution < -0.4 is 9.47 Å². The molecular formula is C21H32O3. The van der Waals surface area contributed by atoms with Crippen molar-refractivity contribution in [2.75, 3.05) is 6.61 Å². The van der Waals surface area contributed by atoms with Gasteiger partial charge in [-0.1, -0.05) is 51.7 Å². The van der Waals surface area contributed by atoms with Gasteiger partial charge < -0.3 is 9.47 Å². The van der Waals surface area contributed by atoms with Crippen molar-refractivity contribution in [1.29, 1.82) is 0 Å². The van der Waals surface area contributed by atoms with E-state index in [-0.39, 0.29) is 11.9 Å². The van der Waals surface area contributed by atoms with Crippen LogP contribution in [-0.2, 0) is 4.79 Å². The van der Waals surface area contributed by atoms with Gasteiger partial charge in [0.15, 0.2) is 11.5 Å². The molecule has 3 nitrogen and oxygen atoms in total. The summed E-state index contributed by atoms with van der Waals surface area (Å²) in [7, 11) is 0. The molecule has 1 aromatic carbocycles. The van der Waals surface area contributed by atoms with Gasteiger partial charge in [0, 0.05) is 0 Å². The average molecular weight is 332 g/mol. The smallest absolute Gasteiger partial charge is 0.314 e. The van der Waals surface area contributed by atoms with Gasteiger partial charge in [-0.2, -0.15) is 0 Å². The van der Waals surface area contributed by atoms with Crippen LogP contribution in [0.2, 0.25) is 0 Å². The van der Waals surface area contributed by atoms with Crippen LogP contribution in [0.25, 0.3) is 0 Å². The van der Waals surface area contributed by atoms with Gasteiger partial charge >= 0.3 is 5.97 Å². The van der Waals surface area contributed by atoms with E-state index in [1.54, 1.807) is 0 Å². The van der Waals surface area contributed by atoms with Gasteiger partial charge in [-0.05, 0) is 50.2 Å². The fourth-order valence-corrected chi connectivity index (χ4v) is 3.47. The number of hydrogen-bond acceptors (Lipinski definition) is 3. The van der Waals surface area contributed by atoms with Gasteiger partial charge in [-0.15, -0.1) is 0 Å². The molecule has 2 rings (SSSR count). The maximum absolute atomic E-state index is 12.5. The lowest BCUT2D eigenvalue weighted by atomic mass is 9.80. The molecule has 134 valence electrons. The normalized spacial score (nSPS) is 20.6. The van der Waals surface area contributed by atoms with E-state index in [0.717, 1.165) is 44.4 Å². The van der Waals surface area contributed by atoms with Crippen molar-refractivity contribution in [3.63, 3.8) is 0 Å². The molecule has 0 unspecified atom stereocenters. The first-order valence-corrected chi connectivity index (χ1v) is 9.68. The molecule has 0 aliphatic heterocycles. The summed E-state index contributed by atoms with van der Waals surface area (Å²) >= 11 is 0. The second kappa shape index (κ2) is 10.4. The maximum atomic E-state index is 12.5. The molecule has 1 saturated carbocycles. The highest BCUT2D eigenvalue weighted by Gasteiger charge is 2.27. The van der Waals surface area contributed by atoms with Crippen molar-refractivity contribution in [2.45, 2.75) is 71.6 Å². The van der Waals surface area contributed by atoms with Gasteiger partial charge in [0.05, 0.1) is 12.5 Å². The Balaban J connectivity index is 1.85. The summed E-state index contributed by atoms with van der Waals surface area (Å²) in [6.07, 6.45) is 10.1. The summed E-state index contributed by atoms with van der Waals surface area (Å²) in [4.78, 5) is 12.5. The molecule has 0 amide bonds. The molecule has 0 N–H and O–H groups in total. The summed E-state index contributed by atoms with van der Waals surface area (Å²) in [5.41, 5.74) is 0. The van der Waals surface area contributed by atoms with E-state index >= 15 is 0 Å². The van der Waals surface area contributed by atoms with E-state index in [1.807, 2.05) is 24.3 Å². The average Bonchev–Trinajstić information content (AvgIpc) is 2.61. The summed E-state index contributed by atoms with van der Waals surface area (Å²) in [5.74, 6) is 2.00. The Hall–Kier alpha value is -1.51. The number of esters is 1. The molecule has 0 saturated heterocycles. The standard InChI is InChI=1S/C21H32O3/c1-3-5-8-16-23-19-10-6-7-11-20(19)24-21(22)18-14-12-17(9-4-2)13-15-18/h6-7,10-11,17-18H,3-5,8-9,12-16H2,1-2H3. The Bertz CT molecular complexity index is 490. The van der Waals surface area contributed by atoms with Gasteiger partial charge in [-0.25, -0.2) is 0 Å². The number of carbonyl (C=O) groups excluding carboxylic acids is 1. The lowest BCUT2D eigenvalue weighted by Gasteiger charge is -2.27. The predicted octanol–water partition coefficient (Wildman–Crippen LogP) is 5.77. The minimum atomic E-state index is -0.0884. The van der Waals surface area contributed by atoms with Crippen molar-refractivity contribution in [3.8, 4) is 11.5 Å². The van der Waals surface area contributed by atoms with Crippen LogP contribution in [0.1, 0.15) is 71.6 Å². The second-order valence-electron chi connectivity index (χ2n) is 6.93. The zero-order valence-corrected chi connectivity index (χ0v) is 15.3. The highest BCUT2D eigenvalue weighted by molar-refractivity contribution is 5.76. The molecule has 24 heavy (non-hydrogen) atoms. The van der Waals surface area contributed by atoms with E-state index in [0.29, 0.717) is 18.1 Å². The summed E-state index contributed by atoms with van der Waals surface area (Å²) < 4.78 is 11.5. The molecule has 0 atom stereocenters. The lowest BCUT2D eigenvalue weighted by molar-refractivity contribution is -0.140.